The highest BCUT2D eigenvalue weighted by molar-refractivity contribution is 6.01. The number of carbonyl (C=O) groups excluding carboxylic acids is 1. The third-order valence-electron chi connectivity index (χ3n) is 4.46. The molecule has 23 heavy (non-hydrogen) atoms. The number of hydrogen-bond acceptors (Lipinski definition) is 2. The maximum atomic E-state index is 11.5. The first-order chi connectivity index (χ1) is 11.4. The number of allylic oxidation sites excluding steroid dienone is 1. The van der Waals surface area contributed by atoms with E-state index in [1.807, 2.05) is 24.3 Å². The van der Waals surface area contributed by atoms with Gasteiger partial charge in [0.1, 0.15) is 6.29 Å². The van der Waals surface area contributed by atoms with Crippen molar-refractivity contribution in [2.24, 2.45) is 0 Å². The van der Waals surface area contributed by atoms with Crippen LogP contribution >= 0.6 is 0 Å². The van der Waals surface area contributed by atoms with Gasteiger partial charge in [-0.3, -0.25) is 4.79 Å². The highest BCUT2D eigenvalue weighted by Crippen LogP contribution is 2.33. The number of aryl methyl sites for hydroxylation is 1. The SMILES string of the molecule is O=CC1=C(Nc2cccc3ccccc23)c2ccccc2CC1. The molecule has 0 aromatic heterocycles. The van der Waals surface area contributed by atoms with Crippen LogP contribution in [-0.4, -0.2) is 6.29 Å². The summed E-state index contributed by atoms with van der Waals surface area (Å²) in [5.41, 5.74) is 5.25. The molecule has 0 bridgehead atoms. The molecule has 0 saturated heterocycles. The third-order valence-corrected chi connectivity index (χ3v) is 4.46. The Balaban J connectivity index is 1.85. The minimum atomic E-state index is 0.785. The molecule has 3 aromatic rings. The lowest BCUT2D eigenvalue weighted by Gasteiger charge is -2.23. The zero-order valence-electron chi connectivity index (χ0n) is 12.8. The van der Waals surface area contributed by atoms with Gasteiger partial charge in [0.2, 0.25) is 0 Å². The molecule has 0 saturated carbocycles. The van der Waals surface area contributed by atoms with Crippen molar-refractivity contribution >= 4 is 28.4 Å². The topological polar surface area (TPSA) is 29.1 Å². The number of hydrogen-bond donors (Lipinski definition) is 1. The summed E-state index contributed by atoms with van der Waals surface area (Å²) in [6.07, 6.45) is 2.70. The molecule has 4 rings (SSSR count). The van der Waals surface area contributed by atoms with Gasteiger partial charge >= 0.3 is 0 Å². The van der Waals surface area contributed by atoms with E-state index < -0.39 is 0 Å². The number of anilines is 1. The van der Waals surface area contributed by atoms with Crippen LogP contribution in [0.15, 0.2) is 72.3 Å². The van der Waals surface area contributed by atoms with E-state index in [1.165, 1.54) is 10.9 Å². The fraction of sp³-hybridized carbons (Fsp3) is 0.0952. The molecular weight excluding hydrogens is 282 g/mol. The van der Waals surface area contributed by atoms with Crippen molar-refractivity contribution in [2.75, 3.05) is 5.32 Å². The normalized spacial score (nSPS) is 13.7. The van der Waals surface area contributed by atoms with Gasteiger partial charge < -0.3 is 5.32 Å². The Morgan fingerprint density at radius 3 is 2.52 bits per heavy atom. The molecule has 2 heteroatoms. The number of fused-ring (bicyclic) bond motifs is 2. The van der Waals surface area contributed by atoms with Crippen LogP contribution in [0, 0.1) is 0 Å². The van der Waals surface area contributed by atoms with E-state index in [1.54, 1.807) is 0 Å². The number of aldehydes is 1. The second-order valence-electron chi connectivity index (χ2n) is 5.83. The molecule has 0 radical (unpaired) electrons. The van der Waals surface area contributed by atoms with E-state index in [0.29, 0.717) is 0 Å². The van der Waals surface area contributed by atoms with Crippen molar-refractivity contribution in [1.29, 1.82) is 0 Å². The van der Waals surface area contributed by atoms with Crippen LogP contribution in [0.3, 0.4) is 0 Å². The van der Waals surface area contributed by atoms with Crippen molar-refractivity contribution in [3.8, 4) is 0 Å². The van der Waals surface area contributed by atoms with Gasteiger partial charge in [-0.1, -0.05) is 60.7 Å². The van der Waals surface area contributed by atoms with Crippen molar-refractivity contribution in [3.05, 3.63) is 83.4 Å². The summed E-state index contributed by atoms with van der Waals surface area (Å²) >= 11 is 0. The van der Waals surface area contributed by atoms with E-state index >= 15 is 0 Å². The number of carbonyl (C=O) groups is 1. The smallest absolute Gasteiger partial charge is 0.148 e. The second-order valence-corrected chi connectivity index (χ2v) is 5.83. The van der Waals surface area contributed by atoms with E-state index in [9.17, 15) is 4.79 Å². The van der Waals surface area contributed by atoms with Crippen LogP contribution < -0.4 is 5.32 Å². The predicted octanol–water partition coefficient (Wildman–Crippen LogP) is 4.81. The van der Waals surface area contributed by atoms with Gasteiger partial charge in [-0.05, 0) is 29.9 Å². The number of nitrogens with one attached hydrogen (secondary N) is 1. The van der Waals surface area contributed by atoms with Gasteiger partial charge in [-0.2, -0.15) is 0 Å². The fourth-order valence-electron chi connectivity index (χ4n) is 3.28. The average Bonchev–Trinajstić information content (AvgIpc) is 2.62. The van der Waals surface area contributed by atoms with Crippen molar-refractivity contribution < 1.29 is 4.79 Å². The Labute approximate surface area is 135 Å². The Kier molecular flexibility index (Phi) is 3.43. The minimum absolute atomic E-state index is 0.785. The lowest BCUT2D eigenvalue weighted by molar-refractivity contribution is -0.105. The van der Waals surface area contributed by atoms with Crippen LogP contribution in [0.2, 0.25) is 0 Å². The van der Waals surface area contributed by atoms with Gasteiger partial charge in [0.15, 0.2) is 0 Å². The van der Waals surface area contributed by atoms with Gasteiger partial charge in [0.05, 0.1) is 5.70 Å². The Morgan fingerprint density at radius 1 is 0.826 bits per heavy atom. The first-order valence-corrected chi connectivity index (χ1v) is 7.88. The van der Waals surface area contributed by atoms with Crippen LogP contribution in [-0.2, 0) is 11.2 Å². The van der Waals surface area contributed by atoms with Gasteiger partial charge in [-0.25, -0.2) is 0 Å². The lowest BCUT2D eigenvalue weighted by atomic mass is 9.89. The van der Waals surface area contributed by atoms with Gasteiger partial charge in [0, 0.05) is 22.2 Å². The molecule has 1 aliphatic rings. The highest BCUT2D eigenvalue weighted by Gasteiger charge is 2.18. The van der Waals surface area contributed by atoms with E-state index in [2.05, 4.69) is 47.8 Å². The van der Waals surface area contributed by atoms with Crippen molar-refractivity contribution in [2.45, 2.75) is 12.8 Å². The van der Waals surface area contributed by atoms with Crippen LogP contribution in [0.4, 0.5) is 5.69 Å². The molecule has 112 valence electrons. The molecule has 0 unspecified atom stereocenters. The molecule has 0 aliphatic heterocycles. The molecule has 3 aromatic carbocycles. The lowest BCUT2D eigenvalue weighted by Crippen LogP contribution is -2.12. The third kappa shape index (κ3) is 2.42. The largest absolute Gasteiger partial charge is 0.354 e. The molecule has 1 N–H and O–H groups in total. The molecule has 1 aliphatic carbocycles. The standard InChI is InChI=1S/C21H17NO/c23-14-17-13-12-16-7-2-4-10-19(16)21(17)22-20-11-5-8-15-6-1-3-9-18(15)20/h1-11,14,22H,12-13H2. The molecule has 0 fully saturated rings. The molecule has 0 heterocycles. The summed E-state index contributed by atoms with van der Waals surface area (Å²) in [5.74, 6) is 0. The second kappa shape index (κ2) is 5.73. The first kappa shape index (κ1) is 13.8. The average molecular weight is 299 g/mol. The molecule has 2 nitrogen and oxygen atoms in total. The summed E-state index contributed by atoms with van der Waals surface area (Å²) in [4.78, 5) is 11.5. The van der Waals surface area contributed by atoms with Crippen molar-refractivity contribution in [1.82, 2.24) is 0 Å². The Hall–Kier alpha value is -2.87. The summed E-state index contributed by atoms with van der Waals surface area (Å²) in [5, 5.41) is 5.88. The zero-order chi connectivity index (χ0) is 15.6. The van der Waals surface area contributed by atoms with E-state index in [4.69, 9.17) is 0 Å². The van der Waals surface area contributed by atoms with E-state index in [-0.39, 0.29) is 0 Å². The maximum Gasteiger partial charge on any atom is 0.148 e. The Morgan fingerprint density at radius 2 is 1.61 bits per heavy atom. The van der Waals surface area contributed by atoms with Crippen LogP contribution in [0.5, 0.6) is 0 Å². The monoisotopic (exact) mass is 299 g/mol. The minimum Gasteiger partial charge on any atom is -0.354 e. The summed E-state index contributed by atoms with van der Waals surface area (Å²) in [7, 11) is 0. The molecule has 0 atom stereocenters. The molecular formula is C21H17NO. The van der Waals surface area contributed by atoms with Gasteiger partial charge in [0.25, 0.3) is 0 Å². The van der Waals surface area contributed by atoms with E-state index in [0.717, 1.165) is 47.0 Å². The molecule has 0 amide bonds. The quantitative estimate of drug-likeness (QED) is 0.703. The fourth-order valence-corrected chi connectivity index (χ4v) is 3.28. The van der Waals surface area contributed by atoms with Gasteiger partial charge in [-0.15, -0.1) is 0 Å². The first-order valence-electron chi connectivity index (χ1n) is 7.88. The van der Waals surface area contributed by atoms with Crippen LogP contribution in [0.25, 0.3) is 16.5 Å². The zero-order valence-corrected chi connectivity index (χ0v) is 12.8. The van der Waals surface area contributed by atoms with Crippen molar-refractivity contribution in [3.63, 3.8) is 0 Å². The summed E-state index contributed by atoms with van der Waals surface area (Å²) in [6, 6.07) is 22.8. The number of rotatable bonds is 3. The predicted molar refractivity (Wildman–Crippen MR) is 95.3 cm³/mol. The highest BCUT2D eigenvalue weighted by atomic mass is 16.1. The Bertz CT molecular complexity index is 919. The number of benzene rings is 3. The maximum absolute atomic E-state index is 11.5. The molecule has 0 spiro atoms. The summed E-state index contributed by atoms with van der Waals surface area (Å²) in [6.45, 7) is 0. The summed E-state index contributed by atoms with van der Waals surface area (Å²) < 4.78 is 0. The van der Waals surface area contributed by atoms with Crippen LogP contribution in [0.1, 0.15) is 17.5 Å².